The van der Waals surface area contributed by atoms with Crippen LogP contribution >= 0.6 is 0 Å². The molecule has 0 saturated heterocycles. The summed E-state index contributed by atoms with van der Waals surface area (Å²) in [6, 6.07) is 5.63. The van der Waals surface area contributed by atoms with Crippen LogP contribution in [0.1, 0.15) is 44.4 Å². The number of benzene rings is 1. The molecule has 3 N–H and O–H groups in total. The van der Waals surface area contributed by atoms with Gasteiger partial charge < -0.3 is 20.3 Å². The SMILES string of the molecule is CCC(NC(C)(C)CO)C(O)c1cc(C)ccc1OC. The van der Waals surface area contributed by atoms with Gasteiger partial charge in [-0.05, 0) is 39.3 Å². The summed E-state index contributed by atoms with van der Waals surface area (Å²) in [5.41, 5.74) is 1.43. The van der Waals surface area contributed by atoms with E-state index in [1.54, 1.807) is 7.11 Å². The van der Waals surface area contributed by atoms with Gasteiger partial charge in [-0.3, -0.25) is 0 Å². The van der Waals surface area contributed by atoms with Crippen LogP contribution in [0.3, 0.4) is 0 Å². The van der Waals surface area contributed by atoms with E-state index in [0.717, 1.165) is 17.5 Å². The van der Waals surface area contributed by atoms with Crippen molar-refractivity contribution < 1.29 is 14.9 Å². The number of rotatable bonds is 7. The molecule has 1 aromatic rings. The first-order chi connectivity index (χ1) is 9.34. The summed E-state index contributed by atoms with van der Waals surface area (Å²) in [4.78, 5) is 0. The van der Waals surface area contributed by atoms with Crippen LogP contribution in [0.5, 0.6) is 5.75 Å². The minimum atomic E-state index is -0.680. The van der Waals surface area contributed by atoms with Crippen molar-refractivity contribution in [3.05, 3.63) is 29.3 Å². The zero-order chi connectivity index (χ0) is 15.3. The van der Waals surface area contributed by atoms with E-state index in [1.165, 1.54) is 0 Å². The molecule has 0 radical (unpaired) electrons. The third-order valence-electron chi connectivity index (χ3n) is 3.50. The topological polar surface area (TPSA) is 61.7 Å². The number of ether oxygens (including phenoxy) is 1. The van der Waals surface area contributed by atoms with E-state index in [4.69, 9.17) is 4.74 Å². The molecule has 2 atom stereocenters. The maximum atomic E-state index is 10.7. The van der Waals surface area contributed by atoms with Crippen molar-refractivity contribution in [2.24, 2.45) is 0 Å². The van der Waals surface area contributed by atoms with E-state index >= 15 is 0 Å². The first-order valence-corrected chi connectivity index (χ1v) is 7.05. The van der Waals surface area contributed by atoms with Crippen molar-refractivity contribution in [3.8, 4) is 5.75 Å². The van der Waals surface area contributed by atoms with Crippen molar-refractivity contribution in [3.63, 3.8) is 0 Å². The van der Waals surface area contributed by atoms with Gasteiger partial charge in [-0.2, -0.15) is 0 Å². The fraction of sp³-hybridized carbons (Fsp3) is 0.625. The average molecular weight is 281 g/mol. The van der Waals surface area contributed by atoms with Crippen LogP contribution in [0.15, 0.2) is 18.2 Å². The largest absolute Gasteiger partial charge is 0.496 e. The van der Waals surface area contributed by atoms with Gasteiger partial charge >= 0.3 is 0 Å². The molecule has 1 aromatic carbocycles. The Morgan fingerprint density at radius 3 is 2.50 bits per heavy atom. The number of aliphatic hydroxyl groups is 2. The summed E-state index contributed by atoms with van der Waals surface area (Å²) >= 11 is 0. The summed E-state index contributed by atoms with van der Waals surface area (Å²) in [6.45, 7) is 7.84. The lowest BCUT2D eigenvalue weighted by atomic mass is 9.95. The molecule has 2 unspecified atom stereocenters. The van der Waals surface area contributed by atoms with Crippen LogP contribution < -0.4 is 10.1 Å². The quantitative estimate of drug-likeness (QED) is 0.717. The smallest absolute Gasteiger partial charge is 0.124 e. The minimum Gasteiger partial charge on any atom is -0.496 e. The average Bonchev–Trinajstić information content (AvgIpc) is 2.44. The van der Waals surface area contributed by atoms with E-state index < -0.39 is 11.6 Å². The molecule has 4 heteroatoms. The molecule has 0 spiro atoms. The molecule has 0 amide bonds. The molecule has 1 rings (SSSR count). The molecule has 0 saturated carbocycles. The molecule has 20 heavy (non-hydrogen) atoms. The van der Waals surface area contributed by atoms with E-state index in [9.17, 15) is 10.2 Å². The Bertz CT molecular complexity index is 432. The highest BCUT2D eigenvalue weighted by molar-refractivity contribution is 5.39. The fourth-order valence-corrected chi connectivity index (χ4v) is 2.25. The van der Waals surface area contributed by atoms with E-state index in [0.29, 0.717) is 5.75 Å². The highest BCUT2D eigenvalue weighted by Crippen LogP contribution is 2.30. The Morgan fingerprint density at radius 2 is 2.00 bits per heavy atom. The second-order valence-electron chi connectivity index (χ2n) is 5.89. The number of methoxy groups -OCH3 is 1. The van der Waals surface area contributed by atoms with Crippen molar-refractivity contribution in [1.29, 1.82) is 0 Å². The molecule has 114 valence electrons. The predicted octanol–water partition coefficient (Wildman–Crippen LogP) is 2.18. The van der Waals surface area contributed by atoms with Gasteiger partial charge in [0.2, 0.25) is 0 Å². The van der Waals surface area contributed by atoms with Crippen molar-refractivity contribution in [2.75, 3.05) is 13.7 Å². The van der Waals surface area contributed by atoms with Gasteiger partial charge in [0.1, 0.15) is 5.75 Å². The van der Waals surface area contributed by atoms with E-state index in [1.807, 2.05) is 45.9 Å². The lowest BCUT2D eigenvalue weighted by Crippen LogP contribution is -2.50. The summed E-state index contributed by atoms with van der Waals surface area (Å²) in [6.07, 6.45) is 0.0717. The number of hydrogen-bond acceptors (Lipinski definition) is 4. The van der Waals surface area contributed by atoms with E-state index in [-0.39, 0.29) is 12.6 Å². The number of hydrogen-bond donors (Lipinski definition) is 3. The Kier molecular flexibility index (Phi) is 5.99. The highest BCUT2D eigenvalue weighted by atomic mass is 16.5. The molecule has 0 heterocycles. The molecule has 0 bridgehead atoms. The Balaban J connectivity index is 3.01. The summed E-state index contributed by atoms with van der Waals surface area (Å²) in [5.74, 6) is 0.685. The van der Waals surface area contributed by atoms with Gasteiger partial charge in [0.05, 0.1) is 19.8 Å². The predicted molar refractivity (Wildman–Crippen MR) is 81.1 cm³/mol. The number of aryl methyl sites for hydroxylation is 1. The van der Waals surface area contributed by atoms with Crippen LogP contribution in [0, 0.1) is 6.92 Å². The molecule has 0 aliphatic heterocycles. The lowest BCUT2D eigenvalue weighted by molar-refractivity contribution is 0.0880. The maximum absolute atomic E-state index is 10.7. The summed E-state index contributed by atoms with van der Waals surface area (Å²) in [7, 11) is 1.60. The first kappa shape index (κ1) is 17.0. The number of nitrogens with one attached hydrogen (secondary N) is 1. The first-order valence-electron chi connectivity index (χ1n) is 7.05. The standard InChI is InChI=1S/C16H27NO3/c1-6-13(17-16(3,4)10-18)15(19)12-9-11(2)7-8-14(12)20-5/h7-9,13,15,17-19H,6,10H2,1-5H3. The van der Waals surface area contributed by atoms with Crippen LogP contribution in [0.4, 0.5) is 0 Å². The second kappa shape index (κ2) is 7.07. The van der Waals surface area contributed by atoms with Gasteiger partial charge in [0, 0.05) is 17.1 Å². The second-order valence-corrected chi connectivity index (χ2v) is 5.89. The zero-order valence-electron chi connectivity index (χ0n) is 13.1. The molecular formula is C16H27NO3. The van der Waals surface area contributed by atoms with Crippen LogP contribution in [0.2, 0.25) is 0 Å². The lowest BCUT2D eigenvalue weighted by Gasteiger charge is -2.33. The van der Waals surface area contributed by atoms with Gasteiger partial charge in [-0.15, -0.1) is 0 Å². The number of aliphatic hydroxyl groups excluding tert-OH is 2. The molecule has 0 aliphatic rings. The molecular weight excluding hydrogens is 254 g/mol. The van der Waals surface area contributed by atoms with E-state index in [2.05, 4.69) is 5.32 Å². The highest BCUT2D eigenvalue weighted by Gasteiger charge is 2.27. The minimum absolute atomic E-state index is 0.0151. The van der Waals surface area contributed by atoms with Crippen molar-refractivity contribution in [1.82, 2.24) is 5.32 Å². The van der Waals surface area contributed by atoms with Gasteiger partial charge in [-0.1, -0.05) is 18.6 Å². The van der Waals surface area contributed by atoms with Gasteiger partial charge in [-0.25, -0.2) is 0 Å². The van der Waals surface area contributed by atoms with Gasteiger partial charge in [0.15, 0.2) is 0 Å². The maximum Gasteiger partial charge on any atom is 0.124 e. The van der Waals surface area contributed by atoms with Crippen LogP contribution in [-0.2, 0) is 0 Å². The Labute approximate surface area is 121 Å². The molecule has 0 aliphatic carbocycles. The van der Waals surface area contributed by atoms with Gasteiger partial charge in [0.25, 0.3) is 0 Å². The monoisotopic (exact) mass is 281 g/mol. The molecule has 0 aromatic heterocycles. The Hall–Kier alpha value is -1.10. The Morgan fingerprint density at radius 1 is 1.35 bits per heavy atom. The van der Waals surface area contributed by atoms with Crippen LogP contribution in [-0.4, -0.2) is 35.5 Å². The normalized spacial score (nSPS) is 14.9. The summed E-state index contributed by atoms with van der Waals surface area (Å²) < 4.78 is 5.34. The molecule has 0 fully saturated rings. The zero-order valence-corrected chi connectivity index (χ0v) is 13.1. The van der Waals surface area contributed by atoms with Crippen molar-refractivity contribution >= 4 is 0 Å². The van der Waals surface area contributed by atoms with Crippen molar-refractivity contribution in [2.45, 2.75) is 51.8 Å². The summed E-state index contributed by atoms with van der Waals surface area (Å²) in [5, 5.41) is 23.3. The fourth-order valence-electron chi connectivity index (χ4n) is 2.25. The third kappa shape index (κ3) is 4.20. The van der Waals surface area contributed by atoms with Crippen LogP contribution in [0.25, 0.3) is 0 Å². The third-order valence-corrected chi connectivity index (χ3v) is 3.50. The molecule has 4 nitrogen and oxygen atoms in total.